The van der Waals surface area contributed by atoms with E-state index in [4.69, 9.17) is 9.97 Å². The van der Waals surface area contributed by atoms with Crippen LogP contribution >= 0.6 is 0 Å². The molecule has 6 heteroatoms. The van der Waals surface area contributed by atoms with Crippen molar-refractivity contribution in [3.05, 3.63) is 146 Å². The highest BCUT2D eigenvalue weighted by Crippen LogP contribution is 2.35. The third kappa shape index (κ3) is 3.14. The van der Waals surface area contributed by atoms with Crippen molar-refractivity contribution in [2.45, 2.75) is 0 Å². The van der Waals surface area contributed by atoms with E-state index in [9.17, 15) is 0 Å². The highest BCUT2D eigenvalue weighted by Gasteiger charge is 2.20. The van der Waals surface area contributed by atoms with Crippen molar-refractivity contribution in [1.82, 2.24) is 27.9 Å². The highest BCUT2D eigenvalue weighted by molar-refractivity contribution is 5.97. The zero-order valence-corrected chi connectivity index (χ0v) is 23.5. The first-order valence-electron chi connectivity index (χ1n) is 14.8. The van der Waals surface area contributed by atoms with Crippen LogP contribution in [0, 0.1) is 0 Å². The first-order chi connectivity index (χ1) is 21.8. The molecule has 6 aromatic carbocycles. The van der Waals surface area contributed by atoms with E-state index in [2.05, 4.69) is 145 Å². The fraction of sp³-hybridized carbons (Fsp3) is 0. The molecule has 0 bridgehead atoms. The number of rotatable bonds is 3. The molecular weight excluding hydrogens is 540 g/mol. The first kappa shape index (κ1) is 23.4. The van der Waals surface area contributed by atoms with Gasteiger partial charge in [-0.25, -0.2) is 9.97 Å². The maximum atomic E-state index is 5.13. The number of aromatic nitrogens is 6. The number of hydrogen-bond donors (Lipinski definition) is 0. The van der Waals surface area contributed by atoms with Gasteiger partial charge in [-0.3, -0.25) is 17.9 Å². The van der Waals surface area contributed by atoms with Crippen molar-refractivity contribution in [3.63, 3.8) is 0 Å². The summed E-state index contributed by atoms with van der Waals surface area (Å²) in [5, 5.41) is 0. The summed E-state index contributed by atoms with van der Waals surface area (Å²) in [6, 6.07) is 51.1. The van der Waals surface area contributed by atoms with Crippen LogP contribution in [0.3, 0.4) is 0 Å². The van der Waals surface area contributed by atoms with Crippen LogP contribution in [0.5, 0.6) is 0 Å². The smallest absolute Gasteiger partial charge is 0.220 e. The monoisotopic (exact) mass is 564 g/mol. The molecule has 0 N–H and O–H groups in total. The molecule has 0 aliphatic carbocycles. The van der Waals surface area contributed by atoms with Crippen LogP contribution in [-0.2, 0) is 0 Å². The van der Waals surface area contributed by atoms with Gasteiger partial charge in [-0.05, 0) is 83.9 Å². The molecular formula is C38H24N6. The molecule has 206 valence electrons. The van der Waals surface area contributed by atoms with Crippen LogP contribution in [-0.4, -0.2) is 27.9 Å². The summed E-state index contributed by atoms with van der Waals surface area (Å²) in [5.74, 6) is 1.82. The largest absolute Gasteiger partial charge is 0.278 e. The summed E-state index contributed by atoms with van der Waals surface area (Å²) >= 11 is 0. The Hall–Kier alpha value is -6.14. The number of imidazole rings is 4. The number of hydrogen-bond acceptors (Lipinski definition) is 2. The lowest BCUT2D eigenvalue weighted by Gasteiger charge is -2.07. The number of nitrogens with zero attached hydrogens (tertiary/aromatic N) is 6. The lowest BCUT2D eigenvalue weighted by Crippen LogP contribution is -1.94. The molecule has 0 atom stereocenters. The van der Waals surface area contributed by atoms with Gasteiger partial charge in [-0.15, -0.1) is 0 Å². The van der Waals surface area contributed by atoms with Crippen LogP contribution in [0.2, 0.25) is 0 Å². The molecule has 0 unspecified atom stereocenters. The summed E-state index contributed by atoms with van der Waals surface area (Å²) in [6.07, 6.45) is 0. The molecule has 0 saturated carbocycles. The third-order valence-corrected chi connectivity index (χ3v) is 8.76. The van der Waals surface area contributed by atoms with E-state index < -0.39 is 0 Å². The topological polar surface area (TPSA) is 44.5 Å². The second-order valence-electron chi connectivity index (χ2n) is 11.2. The van der Waals surface area contributed by atoms with Gasteiger partial charge in [0.05, 0.1) is 44.1 Å². The summed E-state index contributed by atoms with van der Waals surface area (Å²) < 4.78 is 9.06. The molecule has 0 spiro atoms. The molecule has 0 radical (unpaired) electrons. The van der Waals surface area contributed by atoms with Gasteiger partial charge in [-0.2, -0.15) is 0 Å². The Balaban J connectivity index is 1.24. The predicted octanol–water partition coefficient (Wildman–Crippen LogP) is 8.84. The van der Waals surface area contributed by atoms with E-state index >= 15 is 0 Å². The van der Waals surface area contributed by atoms with Crippen molar-refractivity contribution >= 4 is 55.7 Å². The minimum absolute atomic E-state index is 0.909. The van der Waals surface area contributed by atoms with Gasteiger partial charge in [0, 0.05) is 11.4 Å². The van der Waals surface area contributed by atoms with Gasteiger partial charge in [0.25, 0.3) is 0 Å². The van der Waals surface area contributed by atoms with Gasteiger partial charge in [0.15, 0.2) is 0 Å². The van der Waals surface area contributed by atoms with E-state index in [1.165, 1.54) is 0 Å². The van der Waals surface area contributed by atoms with Crippen LogP contribution in [0.1, 0.15) is 0 Å². The molecule has 0 aliphatic heterocycles. The zero-order chi connectivity index (χ0) is 28.8. The Morgan fingerprint density at radius 1 is 0.341 bits per heavy atom. The summed E-state index contributed by atoms with van der Waals surface area (Å²) in [5.41, 5.74) is 13.1. The third-order valence-electron chi connectivity index (χ3n) is 8.76. The van der Waals surface area contributed by atoms with Crippen molar-refractivity contribution in [2.75, 3.05) is 0 Å². The van der Waals surface area contributed by atoms with E-state index in [0.717, 1.165) is 78.2 Å². The maximum Gasteiger partial charge on any atom is 0.220 e. The Bertz CT molecular complexity index is 2710. The Labute approximate surface area is 251 Å². The average Bonchev–Trinajstić information content (AvgIpc) is 3.81. The van der Waals surface area contributed by atoms with Crippen molar-refractivity contribution in [1.29, 1.82) is 0 Å². The molecule has 0 fully saturated rings. The maximum absolute atomic E-state index is 5.13. The van der Waals surface area contributed by atoms with Crippen LogP contribution in [0.25, 0.3) is 78.2 Å². The standard InChI is InChI=1S/C38H24N6/c1-3-11-27(12-4-1)41-32-17-9-10-18-33(32)44-35-23-25(19-21-30(35)40-38(41)44)26-20-22-34-36(24-26)43-31-16-8-7-15-29(31)39-37(43)42(34)28-13-5-2-6-14-28/h1-24H. The predicted molar refractivity (Wildman–Crippen MR) is 178 cm³/mol. The Morgan fingerprint density at radius 2 is 0.818 bits per heavy atom. The molecule has 44 heavy (non-hydrogen) atoms. The van der Waals surface area contributed by atoms with Crippen molar-refractivity contribution in [3.8, 4) is 22.5 Å². The fourth-order valence-electron chi connectivity index (χ4n) is 6.82. The van der Waals surface area contributed by atoms with E-state index in [-0.39, 0.29) is 0 Å². The number of benzene rings is 6. The van der Waals surface area contributed by atoms with E-state index in [1.807, 2.05) is 18.2 Å². The van der Waals surface area contributed by atoms with Crippen molar-refractivity contribution < 1.29 is 0 Å². The van der Waals surface area contributed by atoms with E-state index in [0.29, 0.717) is 0 Å². The van der Waals surface area contributed by atoms with Crippen molar-refractivity contribution in [2.24, 2.45) is 0 Å². The molecule has 4 aromatic heterocycles. The van der Waals surface area contributed by atoms with Gasteiger partial charge >= 0.3 is 0 Å². The SMILES string of the molecule is c1ccc(-n2c3ccccc3n3c4cc(-c5ccc6c(c5)n5c7ccccc7nc5n6-c5ccccc5)ccc4nc23)cc1. The molecule has 0 saturated heterocycles. The highest BCUT2D eigenvalue weighted by atomic mass is 15.2. The summed E-state index contributed by atoms with van der Waals surface area (Å²) in [6.45, 7) is 0. The quantitative estimate of drug-likeness (QED) is 0.215. The normalized spacial score (nSPS) is 12.1. The van der Waals surface area contributed by atoms with Crippen LogP contribution < -0.4 is 0 Å². The van der Waals surface area contributed by atoms with Crippen LogP contribution in [0.15, 0.2) is 146 Å². The molecule has 0 aliphatic rings. The van der Waals surface area contributed by atoms with Gasteiger partial charge < -0.3 is 0 Å². The van der Waals surface area contributed by atoms with Gasteiger partial charge in [0.1, 0.15) is 0 Å². The molecule has 4 heterocycles. The minimum Gasteiger partial charge on any atom is -0.278 e. The number of fused-ring (bicyclic) bond motifs is 10. The lowest BCUT2D eigenvalue weighted by atomic mass is 10.0. The Kier molecular flexibility index (Phi) is 4.63. The lowest BCUT2D eigenvalue weighted by molar-refractivity contribution is 1.11. The molecule has 6 nitrogen and oxygen atoms in total. The summed E-state index contributed by atoms with van der Waals surface area (Å²) in [7, 11) is 0. The molecule has 0 amide bonds. The fourth-order valence-corrected chi connectivity index (χ4v) is 6.82. The average molecular weight is 565 g/mol. The van der Waals surface area contributed by atoms with E-state index in [1.54, 1.807) is 0 Å². The second kappa shape index (κ2) is 8.69. The second-order valence-corrected chi connectivity index (χ2v) is 11.2. The van der Waals surface area contributed by atoms with Gasteiger partial charge in [0.2, 0.25) is 11.6 Å². The first-order valence-corrected chi connectivity index (χ1v) is 14.8. The molecule has 10 aromatic rings. The van der Waals surface area contributed by atoms with Gasteiger partial charge in [-0.1, -0.05) is 72.8 Å². The Morgan fingerprint density at radius 3 is 1.50 bits per heavy atom. The number of para-hydroxylation sites is 6. The minimum atomic E-state index is 0.909. The molecule has 10 rings (SSSR count). The zero-order valence-electron chi connectivity index (χ0n) is 23.5. The summed E-state index contributed by atoms with van der Waals surface area (Å²) in [4.78, 5) is 10.2. The van der Waals surface area contributed by atoms with Crippen LogP contribution in [0.4, 0.5) is 0 Å².